The summed E-state index contributed by atoms with van der Waals surface area (Å²) in [6, 6.07) is 3.28. The quantitative estimate of drug-likeness (QED) is 0.797. The Balaban J connectivity index is 2.09. The monoisotopic (exact) mass is 298 g/mol. The number of anilines is 1. The molecular formula is C11H11ClN4O2S. The summed E-state index contributed by atoms with van der Waals surface area (Å²) in [4.78, 5) is 29.4. The highest BCUT2D eigenvalue weighted by atomic mass is 35.5. The first kappa shape index (κ1) is 13.6. The van der Waals surface area contributed by atoms with Crippen LogP contribution in [0.1, 0.15) is 16.2 Å². The lowest BCUT2D eigenvalue weighted by molar-refractivity contribution is 0.0946. The second-order valence-electron chi connectivity index (χ2n) is 3.63. The maximum absolute atomic E-state index is 11.9. The number of pyridine rings is 1. The van der Waals surface area contributed by atoms with E-state index in [9.17, 15) is 9.59 Å². The number of amides is 1. The van der Waals surface area contributed by atoms with Gasteiger partial charge in [-0.3, -0.25) is 9.59 Å². The van der Waals surface area contributed by atoms with Crippen molar-refractivity contribution in [2.24, 2.45) is 0 Å². The van der Waals surface area contributed by atoms with Crippen molar-refractivity contribution >= 4 is 34.7 Å². The molecule has 100 valence electrons. The molecule has 0 atom stereocenters. The molecule has 2 heterocycles. The number of aromatic nitrogens is 2. The fourth-order valence-electron chi connectivity index (χ4n) is 1.40. The molecule has 1 amide bonds. The third-order valence-electron chi connectivity index (χ3n) is 2.33. The Morgan fingerprint density at radius 3 is 2.95 bits per heavy atom. The first-order valence-corrected chi connectivity index (χ1v) is 6.65. The highest BCUT2D eigenvalue weighted by Crippen LogP contribution is 2.16. The third-order valence-corrected chi connectivity index (χ3v) is 3.35. The molecule has 6 nitrogen and oxygen atoms in total. The molecular weight excluding hydrogens is 288 g/mol. The van der Waals surface area contributed by atoms with Gasteiger partial charge in [0.15, 0.2) is 0 Å². The van der Waals surface area contributed by atoms with Crippen LogP contribution in [0.3, 0.4) is 0 Å². The van der Waals surface area contributed by atoms with Crippen LogP contribution in [0.2, 0.25) is 5.02 Å². The van der Waals surface area contributed by atoms with Crippen LogP contribution in [0.4, 0.5) is 5.82 Å². The van der Waals surface area contributed by atoms with Gasteiger partial charge in [-0.05, 0) is 12.1 Å². The Kier molecular flexibility index (Phi) is 4.18. The lowest BCUT2D eigenvalue weighted by Crippen LogP contribution is -2.24. The standard InChI is InChI=1S/C11H11ClN4O2S/c1-13-8-3-2-7(12)9(16-8)10(17)14-4-6-5-19-11(18)15-6/h2-3,5H,4H2,1H3,(H,13,16)(H,14,17)(H,15,18). The van der Waals surface area contributed by atoms with E-state index < -0.39 is 5.91 Å². The van der Waals surface area contributed by atoms with Crippen LogP contribution in [-0.4, -0.2) is 22.9 Å². The van der Waals surface area contributed by atoms with Crippen LogP contribution in [0.5, 0.6) is 0 Å². The van der Waals surface area contributed by atoms with E-state index >= 15 is 0 Å². The third kappa shape index (κ3) is 3.33. The highest BCUT2D eigenvalue weighted by Gasteiger charge is 2.13. The zero-order valence-corrected chi connectivity index (χ0v) is 11.6. The number of H-pyrrole nitrogens is 1. The summed E-state index contributed by atoms with van der Waals surface area (Å²) < 4.78 is 0. The van der Waals surface area contributed by atoms with Gasteiger partial charge in [-0.15, -0.1) is 0 Å². The van der Waals surface area contributed by atoms with Gasteiger partial charge in [0.05, 0.1) is 11.6 Å². The van der Waals surface area contributed by atoms with Crippen molar-refractivity contribution in [1.82, 2.24) is 15.3 Å². The van der Waals surface area contributed by atoms with E-state index in [-0.39, 0.29) is 22.1 Å². The fraction of sp³-hybridized carbons (Fsp3) is 0.182. The topological polar surface area (TPSA) is 86.9 Å². The van der Waals surface area contributed by atoms with Crippen molar-refractivity contribution in [1.29, 1.82) is 0 Å². The molecule has 2 rings (SSSR count). The average Bonchev–Trinajstić information content (AvgIpc) is 2.82. The molecule has 0 saturated carbocycles. The number of rotatable bonds is 4. The molecule has 0 aliphatic rings. The molecule has 0 aliphatic carbocycles. The van der Waals surface area contributed by atoms with Gasteiger partial charge in [0.1, 0.15) is 11.5 Å². The van der Waals surface area contributed by atoms with Crippen LogP contribution in [-0.2, 0) is 6.54 Å². The zero-order valence-electron chi connectivity index (χ0n) is 9.99. The Morgan fingerprint density at radius 1 is 1.53 bits per heavy atom. The zero-order chi connectivity index (χ0) is 13.8. The summed E-state index contributed by atoms with van der Waals surface area (Å²) in [5.41, 5.74) is 0.787. The summed E-state index contributed by atoms with van der Waals surface area (Å²) in [5, 5.41) is 7.40. The molecule has 0 saturated heterocycles. The SMILES string of the molecule is CNc1ccc(Cl)c(C(=O)NCc2csc(=O)[nH]2)n1. The molecule has 19 heavy (non-hydrogen) atoms. The van der Waals surface area contributed by atoms with Gasteiger partial charge in [0, 0.05) is 18.1 Å². The Morgan fingerprint density at radius 2 is 2.32 bits per heavy atom. The maximum atomic E-state index is 11.9. The van der Waals surface area contributed by atoms with Crippen LogP contribution in [0.15, 0.2) is 22.3 Å². The predicted octanol–water partition coefficient (Wildman–Crippen LogP) is 1.46. The molecule has 3 N–H and O–H groups in total. The van der Waals surface area contributed by atoms with E-state index in [0.29, 0.717) is 11.5 Å². The van der Waals surface area contributed by atoms with Gasteiger partial charge in [0.2, 0.25) is 0 Å². The smallest absolute Gasteiger partial charge is 0.304 e. The Labute approximate surface area is 117 Å². The number of nitrogens with one attached hydrogen (secondary N) is 3. The van der Waals surface area contributed by atoms with E-state index in [0.717, 1.165) is 11.3 Å². The molecule has 0 bridgehead atoms. The summed E-state index contributed by atoms with van der Waals surface area (Å²) in [6.07, 6.45) is 0. The van der Waals surface area contributed by atoms with Crippen molar-refractivity contribution in [3.63, 3.8) is 0 Å². The number of hydrogen-bond acceptors (Lipinski definition) is 5. The van der Waals surface area contributed by atoms with Crippen molar-refractivity contribution in [2.75, 3.05) is 12.4 Å². The minimum atomic E-state index is -0.394. The van der Waals surface area contributed by atoms with E-state index in [2.05, 4.69) is 20.6 Å². The van der Waals surface area contributed by atoms with E-state index in [4.69, 9.17) is 11.6 Å². The molecule has 8 heteroatoms. The molecule has 0 fully saturated rings. The second-order valence-corrected chi connectivity index (χ2v) is 4.88. The minimum Gasteiger partial charge on any atom is -0.373 e. The second kappa shape index (κ2) is 5.85. The lowest BCUT2D eigenvalue weighted by Gasteiger charge is -2.06. The molecule has 0 unspecified atom stereocenters. The molecule has 0 radical (unpaired) electrons. The number of nitrogens with zero attached hydrogens (tertiary/aromatic N) is 1. The fourth-order valence-corrected chi connectivity index (χ4v) is 2.17. The number of halogens is 1. The van der Waals surface area contributed by atoms with E-state index in [1.165, 1.54) is 0 Å². The normalized spacial score (nSPS) is 10.2. The Hall–Kier alpha value is -1.86. The van der Waals surface area contributed by atoms with Crippen molar-refractivity contribution in [2.45, 2.75) is 6.54 Å². The Bertz CT molecular complexity index is 652. The summed E-state index contributed by atoms with van der Waals surface area (Å²) in [5.74, 6) is 0.160. The molecule has 0 spiro atoms. The number of thiazole rings is 1. The molecule has 2 aromatic rings. The van der Waals surface area contributed by atoms with Crippen LogP contribution >= 0.6 is 22.9 Å². The summed E-state index contributed by atoms with van der Waals surface area (Å²) >= 11 is 6.97. The highest BCUT2D eigenvalue weighted by molar-refractivity contribution is 7.07. The van der Waals surface area contributed by atoms with Gasteiger partial charge in [-0.1, -0.05) is 22.9 Å². The van der Waals surface area contributed by atoms with Crippen molar-refractivity contribution < 1.29 is 4.79 Å². The van der Waals surface area contributed by atoms with Crippen LogP contribution in [0.25, 0.3) is 0 Å². The van der Waals surface area contributed by atoms with Gasteiger partial charge < -0.3 is 15.6 Å². The number of carbonyl (C=O) groups excluding carboxylic acids is 1. The molecule has 2 aromatic heterocycles. The molecule has 0 aromatic carbocycles. The van der Waals surface area contributed by atoms with Gasteiger partial charge in [-0.25, -0.2) is 4.98 Å². The van der Waals surface area contributed by atoms with E-state index in [1.54, 1.807) is 24.6 Å². The number of aromatic amines is 1. The van der Waals surface area contributed by atoms with Crippen LogP contribution in [0, 0.1) is 0 Å². The number of hydrogen-bond donors (Lipinski definition) is 3. The van der Waals surface area contributed by atoms with Crippen molar-refractivity contribution in [3.05, 3.63) is 43.6 Å². The number of carbonyl (C=O) groups is 1. The van der Waals surface area contributed by atoms with Gasteiger partial charge in [-0.2, -0.15) is 0 Å². The maximum Gasteiger partial charge on any atom is 0.304 e. The van der Waals surface area contributed by atoms with Gasteiger partial charge >= 0.3 is 4.87 Å². The van der Waals surface area contributed by atoms with E-state index in [1.807, 2.05) is 0 Å². The van der Waals surface area contributed by atoms with Crippen molar-refractivity contribution in [3.8, 4) is 0 Å². The molecule has 0 aliphatic heterocycles. The summed E-state index contributed by atoms with van der Waals surface area (Å²) in [7, 11) is 1.70. The average molecular weight is 299 g/mol. The predicted molar refractivity (Wildman–Crippen MR) is 74.9 cm³/mol. The minimum absolute atomic E-state index is 0.145. The largest absolute Gasteiger partial charge is 0.373 e. The summed E-state index contributed by atoms with van der Waals surface area (Å²) in [6.45, 7) is 0.222. The first-order valence-electron chi connectivity index (χ1n) is 5.39. The van der Waals surface area contributed by atoms with Crippen LogP contribution < -0.4 is 15.5 Å². The lowest BCUT2D eigenvalue weighted by atomic mass is 10.3. The first-order chi connectivity index (χ1) is 9.10. The van der Waals surface area contributed by atoms with Gasteiger partial charge in [0.25, 0.3) is 5.91 Å².